The predicted octanol–water partition coefficient (Wildman–Crippen LogP) is 7.62. The van der Waals surface area contributed by atoms with Crippen molar-refractivity contribution >= 4 is 16.7 Å². The Hall–Kier alpha value is -2.28. The average Bonchev–Trinajstić information content (AvgIpc) is 2.85. The topological polar surface area (TPSA) is 38.8 Å². The van der Waals surface area contributed by atoms with Crippen molar-refractivity contribution in [1.29, 1.82) is 0 Å². The quantitative estimate of drug-likeness (QED) is 0.368. The highest BCUT2D eigenvalue weighted by atomic mass is 19.4. The molecule has 2 fully saturated rings. The lowest BCUT2D eigenvalue weighted by Gasteiger charge is -2.37. The molecule has 0 spiro atoms. The van der Waals surface area contributed by atoms with E-state index in [0.717, 1.165) is 31.2 Å². The van der Waals surface area contributed by atoms with E-state index in [1.54, 1.807) is 31.2 Å². The number of halogens is 3. The molecule has 204 valence electrons. The Kier molecular flexibility index (Phi) is 8.41. The number of carbonyl (C=O) groups excluding carboxylic acids is 1. The van der Waals surface area contributed by atoms with Crippen LogP contribution in [0.25, 0.3) is 10.8 Å². The first kappa shape index (κ1) is 27.7. The summed E-state index contributed by atoms with van der Waals surface area (Å²) in [5, 5.41) is 0.790. The largest absolute Gasteiger partial charge is 0.490 e. The molecular weight excluding hydrogens is 479 g/mol. The summed E-state index contributed by atoms with van der Waals surface area (Å²) in [5.41, 5.74) is 0.375. The number of nitrogens with zero attached hydrogens (tertiary/aromatic N) is 1. The molecule has 0 unspecified atom stereocenters. The molecule has 1 aliphatic heterocycles. The third-order valence-corrected chi connectivity index (χ3v) is 8.20. The number of rotatable bonds is 6. The molecule has 2 aromatic carbocycles. The second-order valence-electron chi connectivity index (χ2n) is 11.7. The first-order chi connectivity index (χ1) is 17.5. The molecule has 7 heteroatoms. The lowest BCUT2D eigenvalue weighted by molar-refractivity contribution is -0.149. The highest BCUT2D eigenvalue weighted by Gasteiger charge is 2.36. The van der Waals surface area contributed by atoms with Crippen molar-refractivity contribution in [2.75, 3.05) is 19.7 Å². The summed E-state index contributed by atoms with van der Waals surface area (Å²) in [6.45, 7) is 10.8. The molecule has 0 bridgehead atoms. The van der Waals surface area contributed by atoms with Crippen LogP contribution >= 0.6 is 0 Å². The standard InChI is InChI=1S/C30H40F3NO3/c1-5-36-28(35)20-14-16-34(17-15-20)19-25-23-8-6-7-9-24(23)26(30(31,32)33)18-27(25)37-22-12-10-21(11-13-22)29(2,3)4/h6-9,18,20-22H,5,10-17,19H2,1-4H3/t21-,22-. The number of hydrogen-bond acceptors (Lipinski definition) is 4. The van der Waals surface area contributed by atoms with Gasteiger partial charge in [-0.05, 0) is 86.7 Å². The van der Waals surface area contributed by atoms with E-state index in [2.05, 4.69) is 25.7 Å². The maximum Gasteiger partial charge on any atom is 0.417 e. The molecule has 4 rings (SSSR count). The van der Waals surface area contributed by atoms with E-state index in [9.17, 15) is 18.0 Å². The van der Waals surface area contributed by atoms with Gasteiger partial charge in [-0.25, -0.2) is 0 Å². The van der Waals surface area contributed by atoms with Crippen LogP contribution in [0.15, 0.2) is 30.3 Å². The van der Waals surface area contributed by atoms with Crippen molar-refractivity contribution in [2.24, 2.45) is 17.3 Å². The van der Waals surface area contributed by atoms with Gasteiger partial charge in [-0.15, -0.1) is 0 Å². The molecule has 0 atom stereocenters. The van der Waals surface area contributed by atoms with Crippen molar-refractivity contribution in [3.05, 3.63) is 41.5 Å². The third kappa shape index (κ3) is 6.60. The Morgan fingerprint density at radius 3 is 2.16 bits per heavy atom. The van der Waals surface area contributed by atoms with Crippen molar-refractivity contribution in [3.63, 3.8) is 0 Å². The maximum atomic E-state index is 14.1. The normalized spacial score (nSPS) is 22.2. The van der Waals surface area contributed by atoms with Gasteiger partial charge in [0.05, 0.1) is 24.2 Å². The van der Waals surface area contributed by atoms with Crippen LogP contribution in [-0.2, 0) is 22.3 Å². The number of fused-ring (bicyclic) bond motifs is 1. The number of esters is 1. The van der Waals surface area contributed by atoms with Crippen LogP contribution < -0.4 is 4.74 Å². The van der Waals surface area contributed by atoms with E-state index in [0.29, 0.717) is 56.1 Å². The summed E-state index contributed by atoms with van der Waals surface area (Å²) in [6.07, 6.45) is 0.539. The minimum atomic E-state index is -4.47. The fourth-order valence-corrected chi connectivity index (χ4v) is 5.95. The molecule has 1 heterocycles. The van der Waals surface area contributed by atoms with Crippen LogP contribution in [-0.4, -0.2) is 36.7 Å². The lowest BCUT2D eigenvalue weighted by atomic mass is 9.72. The van der Waals surface area contributed by atoms with Gasteiger partial charge in [-0.1, -0.05) is 45.0 Å². The van der Waals surface area contributed by atoms with E-state index < -0.39 is 11.7 Å². The Bertz CT molecular complexity index is 1080. The zero-order valence-electron chi connectivity index (χ0n) is 22.5. The fourth-order valence-electron chi connectivity index (χ4n) is 5.95. The first-order valence-electron chi connectivity index (χ1n) is 13.6. The lowest BCUT2D eigenvalue weighted by Crippen LogP contribution is -2.37. The number of carbonyl (C=O) groups is 1. The first-order valence-corrected chi connectivity index (χ1v) is 13.6. The number of benzene rings is 2. The summed E-state index contributed by atoms with van der Waals surface area (Å²) in [5.74, 6) is 0.666. The molecule has 1 saturated heterocycles. The molecule has 0 radical (unpaired) electrons. The van der Waals surface area contributed by atoms with E-state index in [4.69, 9.17) is 9.47 Å². The van der Waals surface area contributed by atoms with Gasteiger partial charge in [0.2, 0.25) is 0 Å². The Morgan fingerprint density at radius 1 is 0.973 bits per heavy atom. The molecule has 0 aromatic heterocycles. The van der Waals surface area contributed by atoms with Gasteiger partial charge in [0, 0.05) is 12.1 Å². The monoisotopic (exact) mass is 519 g/mol. The zero-order valence-corrected chi connectivity index (χ0v) is 22.5. The van der Waals surface area contributed by atoms with E-state index in [-0.39, 0.29) is 28.8 Å². The predicted molar refractivity (Wildman–Crippen MR) is 139 cm³/mol. The second-order valence-corrected chi connectivity index (χ2v) is 11.7. The SMILES string of the molecule is CCOC(=O)C1CCN(Cc2c(O[C@H]3CC[C@H](C(C)(C)C)CC3)cc(C(F)(F)F)c3ccccc23)CC1. The highest BCUT2D eigenvalue weighted by Crippen LogP contribution is 2.43. The number of ether oxygens (including phenoxy) is 2. The van der Waals surface area contributed by atoms with Gasteiger partial charge >= 0.3 is 12.1 Å². The zero-order chi connectivity index (χ0) is 26.8. The summed E-state index contributed by atoms with van der Waals surface area (Å²) in [6, 6.07) is 7.98. The van der Waals surface area contributed by atoms with Crippen LogP contribution in [0.4, 0.5) is 13.2 Å². The molecular formula is C30H40F3NO3. The van der Waals surface area contributed by atoms with Gasteiger partial charge in [0.25, 0.3) is 0 Å². The minimum absolute atomic E-state index is 0.0888. The second kappa shape index (κ2) is 11.2. The number of hydrogen-bond donors (Lipinski definition) is 0. The van der Waals surface area contributed by atoms with Crippen LogP contribution in [0.5, 0.6) is 5.75 Å². The number of likely N-dealkylation sites (tertiary alicyclic amines) is 1. The van der Waals surface area contributed by atoms with Crippen molar-refractivity contribution in [1.82, 2.24) is 4.90 Å². The summed E-state index contributed by atoms with van der Waals surface area (Å²) < 4.78 is 54.0. The summed E-state index contributed by atoms with van der Waals surface area (Å²) in [7, 11) is 0. The summed E-state index contributed by atoms with van der Waals surface area (Å²) in [4.78, 5) is 14.4. The van der Waals surface area contributed by atoms with E-state index in [1.807, 2.05) is 0 Å². The van der Waals surface area contributed by atoms with E-state index in [1.165, 1.54) is 6.07 Å². The van der Waals surface area contributed by atoms with Crippen LogP contribution in [0.3, 0.4) is 0 Å². The van der Waals surface area contributed by atoms with Gasteiger partial charge in [-0.3, -0.25) is 9.69 Å². The van der Waals surface area contributed by atoms with Gasteiger partial charge in [0.15, 0.2) is 0 Å². The molecule has 0 amide bonds. The molecule has 4 nitrogen and oxygen atoms in total. The van der Waals surface area contributed by atoms with Gasteiger partial charge in [0.1, 0.15) is 5.75 Å². The Morgan fingerprint density at radius 2 is 1.59 bits per heavy atom. The smallest absolute Gasteiger partial charge is 0.417 e. The molecule has 1 saturated carbocycles. The van der Waals surface area contributed by atoms with E-state index >= 15 is 0 Å². The van der Waals surface area contributed by atoms with Crippen LogP contribution in [0.2, 0.25) is 0 Å². The fraction of sp³-hybridized carbons (Fsp3) is 0.633. The Balaban J connectivity index is 1.61. The summed E-state index contributed by atoms with van der Waals surface area (Å²) >= 11 is 0. The molecule has 1 aliphatic carbocycles. The Labute approximate surface area is 218 Å². The number of piperidine rings is 1. The average molecular weight is 520 g/mol. The molecule has 0 N–H and O–H groups in total. The van der Waals surface area contributed by atoms with Crippen molar-refractivity contribution in [2.45, 2.75) is 85.0 Å². The van der Waals surface area contributed by atoms with Crippen molar-refractivity contribution < 1.29 is 27.4 Å². The van der Waals surface area contributed by atoms with Crippen LogP contribution in [0.1, 0.15) is 77.3 Å². The third-order valence-electron chi connectivity index (χ3n) is 8.20. The van der Waals surface area contributed by atoms with Crippen molar-refractivity contribution in [3.8, 4) is 5.75 Å². The maximum absolute atomic E-state index is 14.1. The number of alkyl halides is 3. The van der Waals surface area contributed by atoms with Gasteiger partial charge < -0.3 is 9.47 Å². The molecule has 2 aromatic rings. The van der Waals surface area contributed by atoms with Crippen LogP contribution in [0, 0.1) is 17.3 Å². The molecule has 37 heavy (non-hydrogen) atoms. The molecule has 2 aliphatic rings. The highest BCUT2D eigenvalue weighted by molar-refractivity contribution is 5.91. The minimum Gasteiger partial charge on any atom is -0.490 e. The van der Waals surface area contributed by atoms with Gasteiger partial charge in [-0.2, -0.15) is 13.2 Å².